The highest BCUT2D eigenvalue weighted by molar-refractivity contribution is 6.30. The third-order valence-corrected chi connectivity index (χ3v) is 6.04. The van der Waals surface area contributed by atoms with Gasteiger partial charge < -0.3 is 15.0 Å². The van der Waals surface area contributed by atoms with Crippen molar-refractivity contribution in [2.24, 2.45) is 5.92 Å². The number of methoxy groups -OCH3 is 1. The molecule has 1 heterocycles. The molecule has 2 unspecified atom stereocenters. The molecule has 0 aromatic heterocycles. The Balaban J connectivity index is 1.57. The van der Waals surface area contributed by atoms with Crippen LogP contribution < -0.4 is 10.1 Å². The highest BCUT2D eigenvalue weighted by atomic mass is 35.5. The summed E-state index contributed by atoms with van der Waals surface area (Å²) in [5.41, 5.74) is 2.35. The van der Waals surface area contributed by atoms with Crippen molar-refractivity contribution in [1.82, 2.24) is 4.90 Å². The van der Waals surface area contributed by atoms with E-state index in [0.29, 0.717) is 41.5 Å². The minimum atomic E-state index is -0.338. The van der Waals surface area contributed by atoms with Crippen LogP contribution in [0.3, 0.4) is 0 Å². The second-order valence-electron chi connectivity index (χ2n) is 7.98. The maximum absolute atomic E-state index is 13.3. The van der Waals surface area contributed by atoms with Gasteiger partial charge in [0, 0.05) is 35.3 Å². The highest BCUT2D eigenvalue weighted by Gasteiger charge is 2.35. The van der Waals surface area contributed by atoms with Crippen LogP contribution in [0.2, 0.25) is 5.02 Å². The Morgan fingerprint density at radius 2 is 1.72 bits per heavy atom. The van der Waals surface area contributed by atoms with Gasteiger partial charge in [0.05, 0.1) is 13.0 Å². The molecule has 1 aliphatic rings. The lowest BCUT2D eigenvalue weighted by atomic mass is 9.83. The minimum Gasteiger partial charge on any atom is -0.497 e. The quantitative estimate of drug-likeness (QED) is 0.581. The molecule has 0 bridgehead atoms. The summed E-state index contributed by atoms with van der Waals surface area (Å²) < 4.78 is 5.20. The predicted molar refractivity (Wildman–Crippen MR) is 126 cm³/mol. The first-order valence-electron chi connectivity index (χ1n) is 10.6. The van der Waals surface area contributed by atoms with Gasteiger partial charge in [0.15, 0.2) is 0 Å². The van der Waals surface area contributed by atoms with Crippen molar-refractivity contribution in [3.63, 3.8) is 0 Å². The molecular weight excluding hydrogens is 424 g/mol. The fourth-order valence-corrected chi connectivity index (χ4v) is 4.34. The SMILES string of the molecule is COc1ccc(C(=O)N2CC(C(=O)Nc3cccc(Cl)c3)CC(c3ccccc3)C2)cc1. The normalized spacial score (nSPS) is 18.1. The minimum absolute atomic E-state index is 0.0715. The molecule has 0 aliphatic carbocycles. The third-order valence-electron chi connectivity index (χ3n) is 5.81. The maximum atomic E-state index is 13.3. The Hall–Kier alpha value is -3.31. The number of nitrogens with one attached hydrogen (secondary N) is 1. The molecule has 3 aromatic rings. The molecule has 0 radical (unpaired) electrons. The summed E-state index contributed by atoms with van der Waals surface area (Å²) in [4.78, 5) is 28.2. The molecule has 4 rings (SSSR count). The summed E-state index contributed by atoms with van der Waals surface area (Å²) >= 11 is 6.06. The van der Waals surface area contributed by atoms with Gasteiger partial charge in [0.2, 0.25) is 5.91 Å². The van der Waals surface area contributed by atoms with Crippen LogP contribution in [0.5, 0.6) is 5.75 Å². The number of halogens is 1. The second kappa shape index (κ2) is 9.88. The van der Waals surface area contributed by atoms with Crippen LogP contribution in [0, 0.1) is 5.92 Å². The molecule has 0 spiro atoms. The number of anilines is 1. The average Bonchev–Trinajstić information content (AvgIpc) is 2.84. The molecule has 5 nitrogen and oxygen atoms in total. The third kappa shape index (κ3) is 5.11. The molecule has 2 atom stereocenters. The van der Waals surface area contributed by atoms with E-state index >= 15 is 0 Å². The zero-order valence-electron chi connectivity index (χ0n) is 17.8. The van der Waals surface area contributed by atoms with Gasteiger partial charge in [-0.25, -0.2) is 0 Å². The summed E-state index contributed by atoms with van der Waals surface area (Å²) in [5.74, 6) is 0.229. The number of amides is 2. The van der Waals surface area contributed by atoms with Gasteiger partial charge in [-0.3, -0.25) is 9.59 Å². The average molecular weight is 449 g/mol. The number of carbonyl (C=O) groups excluding carboxylic acids is 2. The maximum Gasteiger partial charge on any atom is 0.253 e. The van der Waals surface area contributed by atoms with E-state index in [4.69, 9.17) is 16.3 Å². The van der Waals surface area contributed by atoms with E-state index in [0.717, 1.165) is 5.56 Å². The molecule has 1 N–H and O–H groups in total. The molecule has 32 heavy (non-hydrogen) atoms. The number of hydrogen-bond donors (Lipinski definition) is 1. The van der Waals surface area contributed by atoms with Crippen molar-refractivity contribution in [2.75, 3.05) is 25.5 Å². The summed E-state index contributed by atoms with van der Waals surface area (Å²) in [5, 5.41) is 3.52. The Morgan fingerprint density at radius 3 is 2.41 bits per heavy atom. The first-order valence-corrected chi connectivity index (χ1v) is 11.0. The molecule has 1 aliphatic heterocycles. The number of likely N-dealkylation sites (tertiary alicyclic amines) is 1. The summed E-state index contributed by atoms with van der Waals surface area (Å²) in [7, 11) is 1.59. The van der Waals surface area contributed by atoms with Crippen molar-refractivity contribution >= 4 is 29.1 Å². The van der Waals surface area contributed by atoms with Crippen molar-refractivity contribution in [2.45, 2.75) is 12.3 Å². The molecule has 2 amide bonds. The fraction of sp³-hybridized carbons (Fsp3) is 0.231. The monoisotopic (exact) mass is 448 g/mol. The Kier molecular flexibility index (Phi) is 6.76. The molecule has 1 saturated heterocycles. The molecule has 0 saturated carbocycles. The Labute approximate surface area is 193 Å². The molecule has 1 fully saturated rings. The Morgan fingerprint density at radius 1 is 0.969 bits per heavy atom. The van der Waals surface area contributed by atoms with Crippen LogP contribution in [0.15, 0.2) is 78.9 Å². The van der Waals surface area contributed by atoms with Crippen molar-refractivity contribution in [3.8, 4) is 5.75 Å². The van der Waals surface area contributed by atoms with E-state index < -0.39 is 0 Å². The number of nitrogens with zero attached hydrogens (tertiary/aromatic N) is 1. The van der Waals surface area contributed by atoms with Crippen LogP contribution in [0.4, 0.5) is 5.69 Å². The summed E-state index contributed by atoms with van der Waals surface area (Å²) in [6, 6.07) is 24.2. The number of ether oxygens (including phenoxy) is 1. The lowest BCUT2D eigenvalue weighted by molar-refractivity contribution is -0.121. The van der Waals surface area contributed by atoms with Crippen molar-refractivity contribution in [3.05, 3.63) is 95.0 Å². The van der Waals surface area contributed by atoms with Gasteiger partial charge in [0.1, 0.15) is 5.75 Å². The highest BCUT2D eigenvalue weighted by Crippen LogP contribution is 2.32. The van der Waals surface area contributed by atoms with E-state index in [-0.39, 0.29) is 23.7 Å². The molecule has 3 aromatic carbocycles. The van der Waals surface area contributed by atoms with Gasteiger partial charge in [-0.2, -0.15) is 0 Å². The van der Waals surface area contributed by atoms with Crippen LogP contribution in [0.1, 0.15) is 28.3 Å². The smallest absolute Gasteiger partial charge is 0.253 e. The van der Waals surface area contributed by atoms with Crippen LogP contribution in [0.25, 0.3) is 0 Å². The van der Waals surface area contributed by atoms with Crippen LogP contribution in [-0.2, 0) is 4.79 Å². The summed E-state index contributed by atoms with van der Waals surface area (Å²) in [6.07, 6.45) is 0.669. The van der Waals surface area contributed by atoms with Gasteiger partial charge in [-0.1, -0.05) is 48.0 Å². The standard InChI is InChI=1S/C26H25ClN2O3/c1-32-24-12-10-19(11-13-24)26(31)29-16-20(18-6-3-2-4-7-18)14-21(17-29)25(30)28-23-9-5-8-22(27)15-23/h2-13,15,20-21H,14,16-17H2,1H3,(H,28,30). The molecule has 164 valence electrons. The predicted octanol–water partition coefficient (Wildman–Crippen LogP) is 5.23. The van der Waals surface area contributed by atoms with E-state index in [9.17, 15) is 9.59 Å². The topological polar surface area (TPSA) is 58.6 Å². The number of piperidine rings is 1. The number of benzene rings is 3. The van der Waals surface area contributed by atoms with Crippen LogP contribution >= 0.6 is 11.6 Å². The van der Waals surface area contributed by atoms with E-state index in [1.165, 1.54) is 0 Å². The van der Waals surface area contributed by atoms with Gasteiger partial charge in [0.25, 0.3) is 5.91 Å². The number of hydrogen-bond acceptors (Lipinski definition) is 3. The van der Waals surface area contributed by atoms with Crippen molar-refractivity contribution in [1.29, 1.82) is 0 Å². The van der Waals surface area contributed by atoms with E-state index in [1.807, 2.05) is 24.3 Å². The lowest BCUT2D eigenvalue weighted by Crippen LogP contribution is -2.46. The lowest BCUT2D eigenvalue weighted by Gasteiger charge is -2.37. The number of carbonyl (C=O) groups is 2. The Bertz CT molecular complexity index is 1090. The zero-order chi connectivity index (χ0) is 22.5. The molecular formula is C26H25ClN2O3. The van der Waals surface area contributed by atoms with Gasteiger partial charge >= 0.3 is 0 Å². The second-order valence-corrected chi connectivity index (χ2v) is 8.41. The van der Waals surface area contributed by atoms with Gasteiger partial charge in [-0.15, -0.1) is 0 Å². The summed E-state index contributed by atoms with van der Waals surface area (Å²) in [6.45, 7) is 0.927. The number of rotatable bonds is 5. The first-order chi connectivity index (χ1) is 15.5. The van der Waals surface area contributed by atoms with E-state index in [1.54, 1.807) is 54.5 Å². The zero-order valence-corrected chi connectivity index (χ0v) is 18.6. The first kappa shape index (κ1) is 21.9. The largest absolute Gasteiger partial charge is 0.497 e. The van der Waals surface area contributed by atoms with E-state index in [2.05, 4.69) is 17.4 Å². The van der Waals surface area contributed by atoms with Crippen molar-refractivity contribution < 1.29 is 14.3 Å². The van der Waals surface area contributed by atoms with Crippen LogP contribution in [-0.4, -0.2) is 36.9 Å². The van der Waals surface area contributed by atoms with Gasteiger partial charge in [-0.05, 0) is 54.4 Å². The fourth-order valence-electron chi connectivity index (χ4n) is 4.15. The molecule has 6 heteroatoms.